The van der Waals surface area contributed by atoms with E-state index in [2.05, 4.69) is 26.3 Å². The van der Waals surface area contributed by atoms with Gasteiger partial charge in [-0.15, -0.1) is 0 Å². The van der Waals surface area contributed by atoms with Gasteiger partial charge in [-0.2, -0.15) is 5.10 Å². The van der Waals surface area contributed by atoms with Gasteiger partial charge in [0.25, 0.3) is 5.91 Å². The van der Waals surface area contributed by atoms with Crippen LogP contribution in [0.25, 0.3) is 0 Å². The van der Waals surface area contributed by atoms with Crippen molar-refractivity contribution < 1.29 is 9.53 Å². The predicted molar refractivity (Wildman–Crippen MR) is 77.3 cm³/mol. The van der Waals surface area contributed by atoms with Crippen LogP contribution in [0.4, 0.5) is 0 Å². The zero-order chi connectivity index (χ0) is 14.1. The fraction of sp³-hybridized carbons (Fsp3) is 0.286. The summed E-state index contributed by atoms with van der Waals surface area (Å²) < 4.78 is 8.74. The van der Waals surface area contributed by atoms with Crippen LogP contribution in [0.5, 0.6) is 0 Å². The third kappa shape index (κ3) is 2.48. The second kappa shape index (κ2) is 5.38. The molecule has 0 bridgehead atoms. The molecule has 0 fully saturated rings. The number of ether oxygens (including phenoxy) is 1. The van der Waals surface area contributed by atoms with Crippen LogP contribution >= 0.6 is 15.9 Å². The minimum atomic E-state index is -0.174. The van der Waals surface area contributed by atoms with E-state index in [-0.39, 0.29) is 12.0 Å². The van der Waals surface area contributed by atoms with E-state index in [0.29, 0.717) is 18.8 Å². The average Bonchev–Trinajstić information content (AvgIpc) is 2.90. The van der Waals surface area contributed by atoms with E-state index in [1.807, 2.05) is 28.9 Å². The molecule has 0 unspecified atom stereocenters. The molecule has 1 aromatic heterocycles. The summed E-state index contributed by atoms with van der Waals surface area (Å²) in [6.07, 6.45) is -0.0342. The Morgan fingerprint density at radius 1 is 1.45 bits per heavy atom. The molecule has 0 radical (unpaired) electrons. The first-order valence-corrected chi connectivity index (χ1v) is 7.12. The normalized spacial score (nSPS) is 17.6. The molecule has 0 spiro atoms. The summed E-state index contributed by atoms with van der Waals surface area (Å²) in [5.41, 5.74) is 2.47. The van der Waals surface area contributed by atoms with Crippen LogP contribution < -0.4 is 5.32 Å². The Hall–Kier alpha value is -1.66. The number of fused-ring (bicyclic) bond motifs is 1. The van der Waals surface area contributed by atoms with Crippen LogP contribution in [0.2, 0.25) is 0 Å². The molecule has 2 aromatic rings. The first kappa shape index (κ1) is 13.3. The quantitative estimate of drug-likeness (QED) is 0.915. The molecular formula is C14H14BrN3O2. The van der Waals surface area contributed by atoms with Crippen molar-refractivity contribution >= 4 is 21.8 Å². The van der Waals surface area contributed by atoms with E-state index >= 15 is 0 Å². The molecule has 3 rings (SSSR count). The van der Waals surface area contributed by atoms with Crippen molar-refractivity contribution in [3.05, 3.63) is 51.8 Å². The smallest absolute Gasteiger partial charge is 0.271 e. The highest BCUT2D eigenvalue weighted by atomic mass is 79.9. The third-order valence-corrected chi connectivity index (χ3v) is 3.86. The highest BCUT2D eigenvalue weighted by molar-refractivity contribution is 9.10. The summed E-state index contributed by atoms with van der Waals surface area (Å²) in [5.74, 6) is -0.174. The summed E-state index contributed by atoms with van der Waals surface area (Å²) >= 11 is 3.42. The van der Waals surface area contributed by atoms with E-state index in [9.17, 15) is 4.79 Å². The number of nitrogens with one attached hydrogen (secondary N) is 1. The Labute approximate surface area is 125 Å². The maximum absolute atomic E-state index is 11.6. The summed E-state index contributed by atoms with van der Waals surface area (Å²) in [6.45, 7) is 1.08. The lowest BCUT2D eigenvalue weighted by molar-refractivity contribution is -0.00120. The highest BCUT2D eigenvalue weighted by Crippen LogP contribution is 2.27. The molecule has 1 amide bonds. The van der Waals surface area contributed by atoms with Crippen LogP contribution in [0.3, 0.4) is 0 Å². The van der Waals surface area contributed by atoms with Gasteiger partial charge in [0.15, 0.2) is 5.69 Å². The van der Waals surface area contributed by atoms with Gasteiger partial charge in [-0.1, -0.05) is 28.1 Å². The molecule has 104 valence electrons. The van der Waals surface area contributed by atoms with Gasteiger partial charge in [-0.3, -0.25) is 9.48 Å². The Morgan fingerprint density at radius 2 is 2.20 bits per heavy atom. The van der Waals surface area contributed by atoms with E-state index < -0.39 is 0 Å². The number of carbonyl (C=O) groups is 1. The van der Waals surface area contributed by atoms with Gasteiger partial charge in [-0.05, 0) is 23.8 Å². The maximum atomic E-state index is 11.6. The summed E-state index contributed by atoms with van der Waals surface area (Å²) in [5, 5.41) is 6.91. The standard InChI is InChI=1S/C14H14BrN3O2/c1-16-14(19)12-6-11-8-20-13(7-18(11)17-12)9-2-4-10(15)5-3-9/h2-6,13H,7-8H2,1H3,(H,16,19)/t13-/m1/s1. The molecule has 20 heavy (non-hydrogen) atoms. The highest BCUT2D eigenvalue weighted by Gasteiger charge is 2.23. The Bertz CT molecular complexity index is 636. The fourth-order valence-corrected chi connectivity index (χ4v) is 2.51. The van der Waals surface area contributed by atoms with Crippen LogP contribution in [0.15, 0.2) is 34.8 Å². The number of hydrogen-bond acceptors (Lipinski definition) is 3. The number of carbonyl (C=O) groups excluding carboxylic acids is 1. The van der Waals surface area contributed by atoms with E-state index in [1.165, 1.54) is 0 Å². The number of benzene rings is 1. The van der Waals surface area contributed by atoms with Crippen molar-refractivity contribution in [2.45, 2.75) is 19.3 Å². The van der Waals surface area contributed by atoms with E-state index in [1.54, 1.807) is 13.1 Å². The maximum Gasteiger partial charge on any atom is 0.271 e. The second-order valence-corrected chi connectivity index (χ2v) is 5.55. The first-order valence-electron chi connectivity index (χ1n) is 6.33. The molecule has 1 N–H and O–H groups in total. The number of amides is 1. The number of aromatic nitrogens is 2. The number of halogens is 1. The second-order valence-electron chi connectivity index (χ2n) is 4.63. The number of nitrogens with zero attached hydrogens (tertiary/aromatic N) is 2. The van der Waals surface area contributed by atoms with Gasteiger partial charge < -0.3 is 10.1 Å². The largest absolute Gasteiger partial charge is 0.365 e. The monoisotopic (exact) mass is 335 g/mol. The third-order valence-electron chi connectivity index (χ3n) is 3.34. The van der Waals surface area contributed by atoms with Crippen LogP contribution in [-0.2, 0) is 17.9 Å². The lowest BCUT2D eigenvalue weighted by atomic mass is 10.1. The van der Waals surface area contributed by atoms with Crippen LogP contribution in [0.1, 0.15) is 27.8 Å². The van der Waals surface area contributed by atoms with Crippen molar-refractivity contribution in [1.29, 1.82) is 0 Å². The molecule has 0 saturated heterocycles. The summed E-state index contributed by atoms with van der Waals surface area (Å²) in [7, 11) is 1.60. The van der Waals surface area contributed by atoms with Gasteiger partial charge in [0, 0.05) is 11.5 Å². The zero-order valence-electron chi connectivity index (χ0n) is 11.0. The minimum Gasteiger partial charge on any atom is -0.365 e. The molecule has 5 nitrogen and oxygen atoms in total. The molecule has 2 heterocycles. The van der Waals surface area contributed by atoms with Gasteiger partial charge in [0.1, 0.15) is 6.10 Å². The summed E-state index contributed by atoms with van der Waals surface area (Å²) in [6, 6.07) is 9.82. The minimum absolute atomic E-state index is 0.0342. The SMILES string of the molecule is CNC(=O)c1cc2n(n1)C[C@H](c1ccc(Br)cc1)OC2. The topological polar surface area (TPSA) is 56.2 Å². The van der Waals surface area contributed by atoms with Gasteiger partial charge >= 0.3 is 0 Å². The number of hydrogen-bond donors (Lipinski definition) is 1. The van der Waals surface area contributed by atoms with Crippen molar-refractivity contribution in [2.75, 3.05) is 7.05 Å². The first-order chi connectivity index (χ1) is 9.67. The van der Waals surface area contributed by atoms with Crippen molar-refractivity contribution in [3.8, 4) is 0 Å². The molecule has 1 aromatic carbocycles. The van der Waals surface area contributed by atoms with Crippen molar-refractivity contribution in [3.63, 3.8) is 0 Å². The van der Waals surface area contributed by atoms with Crippen molar-refractivity contribution in [1.82, 2.24) is 15.1 Å². The molecule has 1 atom stereocenters. The van der Waals surface area contributed by atoms with Gasteiger partial charge in [0.05, 0.1) is 18.8 Å². The average molecular weight is 336 g/mol. The Morgan fingerprint density at radius 3 is 2.90 bits per heavy atom. The van der Waals surface area contributed by atoms with E-state index in [0.717, 1.165) is 15.7 Å². The zero-order valence-corrected chi connectivity index (χ0v) is 12.6. The molecule has 1 aliphatic rings. The van der Waals surface area contributed by atoms with Gasteiger partial charge in [0.2, 0.25) is 0 Å². The van der Waals surface area contributed by atoms with Crippen LogP contribution in [0, 0.1) is 0 Å². The van der Waals surface area contributed by atoms with Gasteiger partial charge in [-0.25, -0.2) is 0 Å². The van der Waals surface area contributed by atoms with E-state index in [4.69, 9.17) is 4.74 Å². The molecule has 6 heteroatoms. The Balaban J connectivity index is 1.83. The summed E-state index contributed by atoms with van der Waals surface area (Å²) in [4.78, 5) is 11.6. The fourth-order valence-electron chi connectivity index (χ4n) is 2.24. The molecular weight excluding hydrogens is 322 g/mol. The lowest BCUT2D eigenvalue weighted by Crippen LogP contribution is -2.22. The predicted octanol–water partition coefficient (Wildman–Crippen LogP) is 2.28. The molecule has 0 aliphatic carbocycles. The molecule has 0 saturated carbocycles. The lowest BCUT2D eigenvalue weighted by Gasteiger charge is -2.24. The molecule has 1 aliphatic heterocycles. The van der Waals surface area contributed by atoms with Crippen molar-refractivity contribution in [2.24, 2.45) is 0 Å². The number of rotatable bonds is 2. The van der Waals surface area contributed by atoms with Crippen LogP contribution in [-0.4, -0.2) is 22.7 Å². The Kier molecular flexibility index (Phi) is 3.58.